The number of hydrogen-bond acceptors (Lipinski definition) is 3. The first-order valence-electron chi connectivity index (χ1n) is 5.74. The fourth-order valence-corrected chi connectivity index (χ4v) is 2.73. The van der Waals surface area contributed by atoms with Crippen LogP contribution < -0.4 is 5.73 Å². The lowest BCUT2D eigenvalue weighted by molar-refractivity contribution is -0.125. The summed E-state index contributed by atoms with van der Waals surface area (Å²) in [6, 6.07) is 6.17. The zero-order valence-corrected chi connectivity index (χ0v) is 11.7. The van der Waals surface area contributed by atoms with E-state index in [0.717, 1.165) is 5.56 Å². The van der Waals surface area contributed by atoms with Gasteiger partial charge < -0.3 is 10.6 Å². The van der Waals surface area contributed by atoms with E-state index >= 15 is 0 Å². The van der Waals surface area contributed by atoms with Crippen LogP contribution in [0, 0.1) is 5.82 Å². The van der Waals surface area contributed by atoms with Gasteiger partial charge in [-0.2, -0.15) is 0 Å². The van der Waals surface area contributed by atoms with Gasteiger partial charge in [0.2, 0.25) is 5.91 Å². The van der Waals surface area contributed by atoms with Crippen LogP contribution in [0.25, 0.3) is 0 Å². The average Bonchev–Trinajstić information content (AvgIpc) is 2.30. The lowest BCUT2D eigenvalue weighted by atomic mass is 10.1. The van der Waals surface area contributed by atoms with Gasteiger partial charge in [0.15, 0.2) is 0 Å². The Labute approximate surface area is 112 Å². The second-order valence-electron chi connectivity index (χ2n) is 4.43. The Morgan fingerprint density at radius 1 is 1.39 bits per heavy atom. The van der Waals surface area contributed by atoms with E-state index < -0.39 is 0 Å². The molecule has 100 valence electrons. The van der Waals surface area contributed by atoms with Gasteiger partial charge in [-0.1, -0.05) is 12.1 Å². The highest BCUT2D eigenvalue weighted by Crippen LogP contribution is 2.31. The lowest BCUT2D eigenvalue weighted by Gasteiger charge is -2.21. The number of hydrogen-bond donors (Lipinski definition) is 1. The maximum absolute atomic E-state index is 12.9. The summed E-state index contributed by atoms with van der Waals surface area (Å²) in [6.45, 7) is 1.89. The Bertz CT molecular complexity index is 392. The number of amides is 1. The van der Waals surface area contributed by atoms with Gasteiger partial charge in [0.25, 0.3) is 0 Å². The quantitative estimate of drug-likeness (QED) is 0.890. The third kappa shape index (κ3) is 4.31. The minimum atomic E-state index is -0.267. The molecule has 0 aliphatic rings. The molecule has 1 aromatic rings. The summed E-state index contributed by atoms with van der Waals surface area (Å²) in [5.41, 5.74) is 6.88. The van der Waals surface area contributed by atoms with Crippen molar-refractivity contribution in [3.8, 4) is 0 Å². The van der Waals surface area contributed by atoms with Crippen molar-refractivity contribution in [1.82, 2.24) is 4.90 Å². The fraction of sp³-hybridized carbons (Fsp3) is 0.462. The molecule has 2 N–H and O–H groups in total. The molecular formula is C13H19FN2OS. The summed E-state index contributed by atoms with van der Waals surface area (Å²) in [7, 11) is 3.45. The number of nitrogens with zero attached hydrogens (tertiary/aromatic N) is 1. The Kier molecular flexibility index (Phi) is 5.62. The zero-order valence-electron chi connectivity index (χ0n) is 10.9. The Hall–Kier alpha value is -1.07. The standard InChI is InChI=1S/C13H19FN2OS/c1-9(15)13(18-8-12(17)16(2)3)10-4-6-11(14)7-5-10/h4-7,9,13H,8,15H2,1-3H3. The van der Waals surface area contributed by atoms with Crippen molar-refractivity contribution >= 4 is 17.7 Å². The highest BCUT2D eigenvalue weighted by atomic mass is 32.2. The monoisotopic (exact) mass is 270 g/mol. The normalized spacial score (nSPS) is 14.1. The average molecular weight is 270 g/mol. The van der Waals surface area contributed by atoms with E-state index in [0.29, 0.717) is 5.75 Å². The highest BCUT2D eigenvalue weighted by Gasteiger charge is 2.18. The molecule has 1 aromatic carbocycles. The van der Waals surface area contributed by atoms with Crippen molar-refractivity contribution in [1.29, 1.82) is 0 Å². The van der Waals surface area contributed by atoms with Crippen LogP contribution in [0.5, 0.6) is 0 Å². The Balaban J connectivity index is 2.72. The number of carbonyl (C=O) groups excluding carboxylic acids is 1. The van der Waals surface area contributed by atoms with Gasteiger partial charge in [-0.25, -0.2) is 4.39 Å². The summed E-state index contributed by atoms with van der Waals surface area (Å²) < 4.78 is 12.9. The number of rotatable bonds is 5. The SMILES string of the molecule is CC(N)C(SCC(=O)N(C)C)c1ccc(F)cc1. The second-order valence-corrected chi connectivity index (χ2v) is 5.56. The molecule has 5 heteroatoms. The maximum Gasteiger partial charge on any atom is 0.232 e. The Morgan fingerprint density at radius 3 is 2.39 bits per heavy atom. The largest absolute Gasteiger partial charge is 0.348 e. The van der Waals surface area contributed by atoms with Crippen LogP contribution >= 0.6 is 11.8 Å². The molecule has 0 aliphatic heterocycles. The number of halogens is 1. The first-order valence-corrected chi connectivity index (χ1v) is 6.79. The first kappa shape index (κ1) is 15.0. The van der Waals surface area contributed by atoms with Crippen LogP contribution in [-0.2, 0) is 4.79 Å². The van der Waals surface area contributed by atoms with Crippen molar-refractivity contribution in [2.75, 3.05) is 19.8 Å². The third-order valence-corrected chi connectivity index (χ3v) is 4.04. The molecule has 2 unspecified atom stereocenters. The molecule has 18 heavy (non-hydrogen) atoms. The van der Waals surface area contributed by atoms with Crippen molar-refractivity contribution < 1.29 is 9.18 Å². The summed E-state index contributed by atoms with van der Waals surface area (Å²) >= 11 is 1.49. The lowest BCUT2D eigenvalue weighted by Crippen LogP contribution is -2.27. The molecule has 0 aliphatic carbocycles. The van der Waals surface area contributed by atoms with Crippen molar-refractivity contribution in [3.05, 3.63) is 35.6 Å². The van der Waals surface area contributed by atoms with Gasteiger partial charge in [0.1, 0.15) is 5.82 Å². The van der Waals surface area contributed by atoms with E-state index in [1.807, 2.05) is 6.92 Å². The molecule has 2 atom stereocenters. The van der Waals surface area contributed by atoms with Gasteiger partial charge in [-0.05, 0) is 24.6 Å². The van der Waals surface area contributed by atoms with Gasteiger partial charge in [-0.3, -0.25) is 4.79 Å². The van der Waals surface area contributed by atoms with Crippen LogP contribution in [0.1, 0.15) is 17.7 Å². The van der Waals surface area contributed by atoms with E-state index in [2.05, 4.69) is 0 Å². The Morgan fingerprint density at radius 2 is 1.94 bits per heavy atom. The predicted molar refractivity (Wildman–Crippen MR) is 73.9 cm³/mol. The van der Waals surface area contributed by atoms with Crippen molar-refractivity contribution in [2.24, 2.45) is 5.73 Å². The summed E-state index contributed by atoms with van der Waals surface area (Å²) in [4.78, 5) is 13.1. The summed E-state index contributed by atoms with van der Waals surface area (Å²) in [5.74, 6) is 0.153. The third-order valence-electron chi connectivity index (χ3n) is 2.56. The smallest absolute Gasteiger partial charge is 0.232 e. The summed E-state index contributed by atoms with van der Waals surface area (Å²) in [5, 5.41) is -0.00509. The molecule has 0 bridgehead atoms. The molecular weight excluding hydrogens is 251 g/mol. The molecule has 0 aromatic heterocycles. The zero-order chi connectivity index (χ0) is 13.7. The number of benzene rings is 1. The molecule has 0 saturated heterocycles. The van der Waals surface area contributed by atoms with Crippen LogP contribution in [-0.4, -0.2) is 36.7 Å². The van der Waals surface area contributed by atoms with Crippen molar-refractivity contribution in [2.45, 2.75) is 18.2 Å². The van der Waals surface area contributed by atoms with Gasteiger partial charge in [-0.15, -0.1) is 11.8 Å². The topological polar surface area (TPSA) is 46.3 Å². The molecule has 0 spiro atoms. The molecule has 0 heterocycles. The molecule has 0 saturated carbocycles. The fourth-order valence-electron chi connectivity index (χ4n) is 1.49. The van der Waals surface area contributed by atoms with E-state index in [9.17, 15) is 9.18 Å². The van der Waals surface area contributed by atoms with E-state index in [1.54, 1.807) is 31.1 Å². The van der Waals surface area contributed by atoms with Crippen LogP contribution in [0.3, 0.4) is 0 Å². The highest BCUT2D eigenvalue weighted by molar-refractivity contribution is 8.00. The molecule has 0 fully saturated rings. The predicted octanol–water partition coefficient (Wildman–Crippen LogP) is 2.04. The van der Waals surface area contributed by atoms with E-state index in [1.165, 1.54) is 23.9 Å². The van der Waals surface area contributed by atoms with E-state index in [-0.39, 0.29) is 23.0 Å². The summed E-state index contributed by atoms with van der Waals surface area (Å²) in [6.07, 6.45) is 0. The molecule has 3 nitrogen and oxygen atoms in total. The van der Waals surface area contributed by atoms with E-state index in [4.69, 9.17) is 5.73 Å². The number of thioether (sulfide) groups is 1. The minimum Gasteiger partial charge on any atom is -0.348 e. The van der Waals surface area contributed by atoms with Crippen LogP contribution in [0.2, 0.25) is 0 Å². The van der Waals surface area contributed by atoms with Gasteiger partial charge >= 0.3 is 0 Å². The minimum absolute atomic E-state index is 0.00509. The maximum atomic E-state index is 12.9. The number of carbonyl (C=O) groups is 1. The van der Waals surface area contributed by atoms with Gasteiger partial charge in [0, 0.05) is 25.4 Å². The molecule has 1 amide bonds. The first-order chi connectivity index (χ1) is 8.41. The number of nitrogens with two attached hydrogens (primary N) is 1. The van der Waals surface area contributed by atoms with Crippen molar-refractivity contribution in [3.63, 3.8) is 0 Å². The molecule has 0 radical (unpaired) electrons. The van der Waals surface area contributed by atoms with Crippen LogP contribution in [0.4, 0.5) is 4.39 Å². The van der Waals surface area contributed by atoms with Crippen LogP contribution in [0.15, 0.2) is 24.3 Å². The molecule has 1 rings (SSSR count). The second kappa shape index (κ2) is 6.75. The van der Waals surface area contributed by atoms with Gasteiger partial charge in [0.05, 0.1) is 5.75 Å².